The number of benzene rings is 1. The Hall–Kier alpha value is -3.62. The van der Waals surface area contributed by atoms with Gasteiger partial charge in [-0.3, -0.25) is 4.21 Å². The second-order valence-electron chi connectivity index (χ2n) is 11.1. The van der Waals surface area contributed by atoms with Crippen molar-refractivity contribution in [1.29, 1.82) is 0 Å². The van der Waals surface area contributed by atoms with Crippen LogP contribution in [0, 0.1) is 5.92 Å². The van der Waals surface area contributed by atoms with Gasteiger partial charge in [0.25, 0.3) is 0 Å². The van der Waals surface area contributed by atoms with E-state index in [9.17, 15) is 30.6 Å². The van der Waals surface area contributed by atoms with Crippen molar-refractivity contribution in [3.05, 3.63) is 65.1 Å². The van der Waals surface area contributed by atoms with Crippen LogP contribution in [0.5, 0.6) is 11.6 Å². The number of hydrogen-bond acceptors (Lipinski definition) is 8. The van der Waals surface area contributed by atoms with Crippen LogP contribution in [-0.2, 0) is 36.2 Å². The van der Waals surface area contributed by atoms with Crippen LogP contribution in [-0.4, -0.2) is 58.0 Å². The van der Waals surface area contributed by atoms with Gasteiger partial charge in [0.15, 0.2) is 5.75 Å². The highest BCUT2D eigenvalue weighted by Crippen LogP contribution is 2.37. The molecular weight excluding hydrogens is 636 g/mol. The number of rotatable bonds is 14. The van der Waals surface area contributed by atoms with E-state index < -0.39 is 40.8 Å². The average molecular weight is 674 g/mol. The standard InChI is InChI=1S/C31H37F6N5O3S/c1-4-41(18-21-7-5-6-8-21)27-9-10-28(44-2)40-26(27)20-42(29-38-16-25(17-39-29)45-11-12-46(3)43)19-22-13-23(30(32,33)34)15-24(14-22)31(35,36)37/h9-10,13-17,21H,4-8,11-12,18-20H2,1-3H3. The molecule has 3 aromatic rings. The quantitative estimate of drug-likeness (QED) is 0.171. The zero-order valence-electron chi connectivity index (χ0n) is 25.8. The van der Waals surface area contributed by atoms with Gasteiger partial charge >= 0.3 is 12.4 Å². The Morgan fingerprint density at radius 2 is 1.57 bits per heavy atom. The zero-order valence-corrected chi connectivity index (χ0v) is 26.6. The minimum absolute atomic E-state index is 0.0341. The van der Waals surface area contributed by atoms with Crippen LogP contribution in [0.4, 0.5) is 38.0 Å². The molecule has 46 heavy (non-hydrogen) atoms. The van der Waals surface area contributed by atoms with E-state index >= 15 is 0 Å². The number of anilines is 2. The molecule has 1 aliphatic carbocycles. The van der Waals surface area contributed by atoms with Gasteiger partial charge in [0, 0.05) is 42.8 Å². The molecule has 15 heteroatoms. The molecule has 0 amide bonds. The zero-order chi connectivity index (χ0) is 33.5. The molecule has 1 unspecified atom stereocenters. The molecule has 0 N–H and O–H groups in total. The summed E-state index contributed by atoms with van der Waals surface area (Å²) in [5.41, 5.74) is -1.79. The minimum Gasteiger partial charge on any atom is -0.489 e. The Balaban J connectivity index is 1.75. The molecule has 1 aromatic carbocycles. The second-order valence-corrected chi connectivity index (χ2v) is 12.7. The summed E-state index contributed by atoms with van der Waals surface area (Å²) in [4.78, 5) is 17.0. The Bertz CT molecular complexity index is 1430. The SMILES string of the molecule is CCN(CC1CCCC1)c1ccc(OC)nc1CN(Cc1cc(C(F)(F)F)cc(C(F)(F)F)c1)c1ncc(OCCS(C)=O)cn1. The fourth-order valence-corrected chi connectivity index (χ4v) is 5.75. The van der Waals surface area contributed by atoms with Gasteiger partial charge in [-0.25, -0.2) is 15.0 Å². The molecule has 0 spiro atoms. The van der Waals surface area contributed by atoms with Crippen LogP contribution in [0.15, 0.2) is 42.7 Å². The van der Waals surface area contributed by atoms with Crippen molar-refractivity contribution in [2.75, 3.05) is 48.6 Å². The summed E-state index contributed by atoms with van der Waals surface area (Å²) in [6.07, 6.45) is -1.23. The average Bonchev–Trinajstić information content (AvgIpc) is 3.52. The summed E-state index contributed by atoms with van der Waals surface area (Å²) in [6.45, 7) is 3.15. The van der Waals surface area contributed by atoms with Crippen molar-refractivity contribution in [1.82, 2.24) is 15.0 Å². The number of nitrogens with zero attached hydrogens (tertiary/aromatic N) is 5. The molecule has 0 saturated heterocycles. The lowest BCUT2D eigenvalue weighted by Gasteiger charge is -2.30. The van der Waals surface area contributed by atoms with Gasteiger partial charge in [-0.05, 0) is 55.5 Å². The van der Waals surface area contributed by atoms with Gasteiger partial charge < -0.3 is 19.3 Å². The Labute approximate surface area is 266 Å². The van der Waals surface area contributed by atoms with Crippen molar-refractivity contribution in [2.45, 2.75) is 58.0 Å². The molecular formula is C31H37F6N5O3S. The lowest BCUT2D eigenvalue weighted by molar-refractivity contribution is -0.143. The van der Waals surface area contributed by atoms with E-state index in [2.05, 4.69) is 19.9 Å². The molecule has 1 fully saturated rings. The van der Waals surface area contributed by atoms with Crippen LogP contribution in [0.2, 0.25) is 0 Å². The fourth-order valence-electron chi connectivity index (χ4n) is 5.43. The number of methoxy groups -OCH3 is 1. The highest BCUT2D eigenvalue weighted by atomic mass is 32.2. The van der Waals surface area contributed by atoms with Crippen molar-refractivity contribution >= 4 is 22.4 Å². The van der Waals surface area contributed by atoms with Gasteiger partial charge in [0.1, 0.15) is 0 Å². The predicted octanol–water partition coefficient (Wildman–Crippen LogP) is 6.90. The maximum atomic E-state index is 13.7. The molecule has 0 bridgehead atoms. The third kappa shape index (κ3) is 9.69. The van der Waals surface area contributed by atoms with Crippen molar-refractivity contribution in [3.8, 4) is 11.6 Å². The number of pyridine rings is 1. The van der Waals surface area contributed by atoms with Crippen molar-refractivity contribution < 1.29 is 40.0 Å². The first-order valence-electron chi connectivity index (χ1n) is 14.8. The molecule has 8 nitrogen and oxygen atoms in total. The Kier molecular flexibility index (Phi) is 11.7. The van der Waals surface area contributed by atoms with Crippen LogP contribution in [0.3, 0.4) is 0 Å². The van der Waals surface area contributed by atoms with E-state index in [1.54, 1.807) is 6.07 Å². The predicted molar refractivity (Wildman–Crippen MR) is 163 cm³/mol. The van der Waals surface area contributed by atoms with E-state index in [-0.39, 0.29) is 42.2 Å². The smallest absolute Gasteiger partial charge is 0.416 e. The van der Waals surface area contributed by atoms with Crippen molar-refractivity contribution in [2.24, 2.45) is 5.92 Å². The summed E-state index contributed by atoms with van der Waals surface area (Å²) >= 11 is 0. The number of hydrogen-bond donors (Lipinski definition) is 0. The summed E-state index contributed by atoms with van der Waals surface area (Å²) < 4.78 is 104. The largest absolute Gasteiger partial charge is 0.489 e. The van der Waals surface area contributed by atoms with Gasteiger partial charge in [-0.15, -0.1) is 0 Å². The van der Waals surface area contributed by atoms with E-state index in [0.29, 0.717) is 36.2 Å². The maximum absolute atomic E-state index is 13.7. The first-order chi connectivity index (χ1) is 21.8. The van der Waals surface area contributed by atoms with Crippen LogP contribution < -0.4 is 19.3 Å². The third-order valence-corrected chi connectivity index (χ3v) is 8.45. The van der Waals surface area contributed by atoms with Gasteiger partial charge in [-0.1, -0.05) is 12.8 Å². The minimum atomic E-state index is -5.00. The summed E-state index contributed by atoms with van der Waals surface area (Å²) in [5, 5.41) is 0. The topological polar surface area (TPSA) is 80.7 Å². The second kappa shape index (κ2) is 15.3. The van der Waals surface area contributed by atoms with Crippen LogP contribution in [0.25, 0.3) is 0 Å². The number of halogens is 6. The molecule has 252 valence electrons. The molecule has 1 aliphatic rings. The van der Waals surface area contributed by atoms with Crippen molar-refractivity contribution in [3.63, 3.8) is 0 Å². The third-order valence-electron chi connectivity index (χ3n) is 7.71. The highest BCUT2D eigenvalue weighted by molar-refractivity contribution is 7.84. The molecule has 1 saturated carbocycles. The molecule has 1 atom stereocenters. The van der Waals surface area contributed by atoms with E-state index in [4.69, 9.17) is 9.47 Å². The summed E-state index contributed by atoms with van der Waals surface area (Å²) in [5.74, 6) is 1.38. The Morgan fingerprint density at radius 3 is 2.11 bits per heavy atom. The van der Waals surface area contributed by atoms with Gasteiger partial charge in [0.2, 0.25) is 11.8 Å². The summed E-state index contributed by atoms with van der Waals surface area (Å²) in [7, 11) is 0.375. The Morgan fingerprint density at radius 1 is 0.935 bits per heavy atom. The van der Waals surface area contributed by atoms with E-state index in [1.807, 2.05) is 13.0 Å². The summed E-state index contributed by atoms with van der Waals surface area (Å²) in [6, 6.07) is 5.07. The lowest BCUT2D eigenvalue weighted by Crippen LogP contribution is -2.31. The molecule has 2 aromatic heterocycles. The molecule has 2 heterocycles. The monoisotopic (exact) mass is 673 g/mol. The number of ether oxygens (including phenoxy) is 2. The first-order valence-corrected chi connectivity index (χ1v) is 16.6. The number of alkyl halides is 6. The molecule has 0 aliphatic heterocycles. The van der Waals surface area contributed by atoms with Gasteiger partial charge in [0.05, 0.1) is 60.9 Å². The van der Waals surface area contributed by atoms with Crippen LogP contribution >= 0.6 is 0 Å². The van der Waals surface area contributed by atoms with E-state index in [1.165, 1.54) is 30.7 Å². The fraction of sp³-hybridized carbons (Fsp3) is 0.516. The number of aromatic nitrogens is 3. The molecule has 4 rings (SSSR count). The first kappa shape index (κ1) is 35.2. The lowest BCUT2D eigenvalue weighted by atomic mass is 10.0. The molecule has 0 radical (unpaired) electrons. The normalized spacial score (nSPS) is 14.7. The maximum Gasteiger partial charge on any atom is 0.416 e. The van der Waals surface area contributed by atoms with Crippen LogP contribution in [0.1, 0.15) is 55.0 Å². The highest BCUT2D eigenvalue weighted by Gasteiger charge is 2.37. The van der Waals surface area contributed by atoms with E-state index in [0.717, 1.165) is 37.9 Å². The van der Waals surface area contributed by atoms with Gasteiger partial charge in [-0.2, -0.15) is 26.3 Å².